The quantitative estimate of drug-likeness (QED) is 0.800. The molecule has 0 aliphatic carbocycles. The highest BCUT2D eigenvalue weighted by Crippen LogP contribution is 2.16. The number of aliphatic carboxylic acids is 1. The SMILES string of the molecule is COC(=O)C[C@H](NC(=O)c1c(C)cc(C)cc1C)C(=O)O. The minimum absolute atomic E-state index is 0.415. The van der Waals surface area contributed by atoms with Crippen LogP contribution in [0.25, 0.3) is 0 Å². The van der Waals surface area contributed by atoms with Crippen LogP contribution in [-0.4, -0.2) is 36.1 Å². The standard InChI is InChI=1S/C15H19NO5/c1-8-5-9(2)13(10(3)6-8)14(18)16-11(15(19)20)7-12(17)21-4/h5-6,11H,7H2,1-4H3,(H,16,18)(H,19,20)/t11-/m0/s1. The molecule has 114 valence electrons. The molecule has 0 heterocycles. The maximum atomic E-state index is 12.3. The molecule has 0 aromatic heterocycles. The Morgan fingerprint density at radius 1 is 1.19 bits per heavy atom. The van der Waals surface area contributed by atoms with E-state index in [2.05, 4.69) is 10.1 Å². The van der Waals surface area contributed by atoms with Gasteiger partial charge in [0.05, 0.1) is 13.5 Å². The number of nitrogens with one attached hydrogen (secondary N) is 1. The van der Waals surface area contributed by atoms with E-state index in [-0.39, 0.29) is 0 Å². The first-order chi connectivity index (χ1) is 9.76. The van der Waals surface area contributed by atoms with Gasteiger partial charge in [-0.05, 0) is 31.9 Å². The lowest BCUT2D eigenvalue weighted by Gasteiger charge is -2.16. The van der Waals surface area contributed by atoms with Gasteiger partial charge >= 0.3 is 11.9 Å². The average molecular weight is 293 g/mol. The van der Waals surface area contributed by atoms with Crippen molar-refractivity contribution in [3.8, 4) is 0 Å². The molecule has 6 nitrogen and oxygen atoms in total. The number of carbonyl (C=O) groups excluding carboxylic acids is 2. The summed E-state index contributed by atoms with van der Waals surface area (Å²) in [5.74, 6) is -2.49. The van der Waals surface area contributed by atoms with Crippen LogP contribution in [0.1, 0.15) is 33.5 Å². The van der Waals surface area contributed by atoms with Gasteiger partial charge in [0.25, 0.3) is 5.91 Å². The number of amides is 1. The molecule has 0 fully saturated rings. The van der Waals surface area contributed by atoms with E-state index in [0.29, 0.717) is 5.56 Å². The van der Waals surface area contributed by atoms with E-state index >= 15 is 0 Å². The number of carbonyl (C=O) groups is 3. The summed E-state index contributed by atoms with van der Waals surface area (Å²) in [5.41, 5.74) is 2.96. The highest BCUT2D eigenvalue weighted by molar-refractivity contribution is 5.99. The summed E-state index contributed by atoms with van der Waals surface area (Å²) in [6, 6.07) is 2.38. The number of methoxy groups -OCH3 is 1. The van der Waals surface area contributed by atoms with E-state index in [1.807, 2.05) is 19.1 Å². The van der Waals surface area contributed by atoms with Gasteiger partial charge in [-0.1, -0.05) is 17.7 Å². The average Bonchev–Trinajstić information content (AvgIpc) is 2.36. The van der Waals surface area contributed by atoms with Gasteiger partial charge in [0, 0.05) is 5.56 Å². The fourth-order valence-electron chi connectivity index (χ4n) is 2.22. The van der Waals surface area contributed by atoms with E-state index in [4.69, 9.17) is 5.11 Å². The van der Waals surface area contributed by atoms with Crippen LogP contribution < -0.4 is 5.32 Å². The Labute approximate surface area is 123 Å². The van der Waals surface area contributed by atoms with Gasteiger partial charge in [0.2, 0.25) is 0 Å². The molecule has 0 radical (unpaired) electrons. The molecule has 0 unspecified atom stereocenters. The largest absolute Gasteiger partial charge is 0.480 e. The monoisotopic (exact) mass is 293 g/mol. The van der Waals surface area contributed by atoms with E-state index in [9.17, 15) is 14.4 Å². The summed E-state index contributed by atoms with van der Waals surface area (Å²) >= 11 is 0. The second-order valence-corrected chi connectivity index (χ2v) is 4.92. The molecule has 0 bridgehead atoms. The van der Waals surface area contributed by atoms with Crippen molar-refractivity contribution in [1.82, 2.24) is 5.32 Å². The van der Waals surface area contributed by atoms with Gasteiger partial charge in [-0.15, -0.1) is 0 Å². The second-order valence-electron chi connectivity index (χ2n) is 4.92. The molecule has 21 heavy (non-hydrogen) atoms. The summed E-state index contributed by atoms with van der Waals surface area (Å²) in [5, 5.41) is 11.4. The number of esters is 1. The summed E-state index contributed by atoms with van der Waals surface area (Å²) in [6.45, 7) is 5.48. The Morgan fingerprint density at radius 3 is 2.14 bits per heavy atom. The van der Waals surface area contributed by atoms with Gasteiger partial charge in [0.1, 0.15) is 6.04 Å². The number of ether oxygens (including phenoxy) is 1. The van der Waals surface area contributed by atoms with Crippen LogP contribution in [-0.2, 0) is 14.3 Å². The third kappa shape index (κ3) is 4.30. The molecule has 1 aromatic rings. The van der Waals surface area contributed by atoms with E-state index < -0.39 is 30.3 Å². The van der Waals surface area contributed by atoms with Crippen LogP contribution in [0.5, 0.6) is 0 Å². The number of carboxylic acids is 1. The predicted octanol–water partition coefficient (Wildman–Crippen LogP) is 1.36. The minimum Gasteiger partial charge on any atom is -0.480 e. The molecule has 0 spiro atoms. The van der Waals surface area contributed by atoms with E-state index in [1.165, 1.54) is 0 Å². The van der Waals surface area contributed by atoms with Gasteiger partial charge in [-0.2, -0.15) is 0 Å². The number of hydrogen-bond acceptors (Lipinski definition) is 4. The Kier molecular flexibility index (Phi) is 5.46. The molecule has 1 aromatic carbocycles. The number of aryl methyl sites for hydroxylation is 3. The summed E-state index contributed by atoms with van der Waals surface area (Å²) in [4.78, 5) is 34.6. The molecule has 0 saturated carbocycles. The third-order valence-corrected chi connectivity index (χ3v) is 3.11. The lowest BCUT2D eigenvalue weighted by Crippen LogP contribution is -2.42. The van der Waals surface area contributed by atoms with Crippen molar-refractivity contribution in [1.29, 1.82) is 0 Å². The maximum absolute atomic E-state index is 12.3. The molecule has 1 atom stereocenters. The summed E-state index contributed by atoms with van der Waals surface area (Å²) < 4.78 is 4.43. The van der Waals surface area contributed by atoms with Crippen molar-refractivity contribution in [2.24, 2.45) is 0 Å². The zero-order valence-corrected chi connectivity index (χ0v) is 12.5. The highest BCUT2D eigenvalue weighted by atomic mass is 16.5. The molecular weight excluding hydrogens is 274 g/mol. The van der Waals surface area contributed by atoms with Crippen molar-refractivity contribution in [2.45, 2.75) is 33.2 Å². The lowest BCUT2D eigenvalue weighted by molar-refractivity contribution is -0.147. The molecule has 2 N–H and O–H groups in total. The van der Waals surface area contributed by atoms with Crippen LogP contribution in [0.4, 0.5) is 0 Å². The number of benzene rings is 1. The minimum atomic E-state index is -1.31. The van der Waals surface area contributed by atoms with Gasteiger partial charge in [-0.25, -0.2) is 4.79 Å². The molecule has 0 aliphatic heterocycles. The summed E-state index contributed by atoms with van der Waals surface area (Å²) in [7, 11) is 1.16. The molecule has 0 saturated heterocycles. The molecule has 1 rings (SSSR count). The van der Waals surface area contributed by atoms with Crippen LogP contribution in [0.2, 0.25) is 0 Å². The van der Waals surface area contributed by atoms with Crippen molar-refractivity contribution in [3.05, 3.63) is 34.4 Å². The zero-order chi connectivity index (χ0) is 16.2. The predicted molar refractivity (Wildman–Crippen MR) is 76.2 cm³/mol. The van der Waals surface area contributed by atoms with Gasteiger partial charge in [0.15, 0.2) is 0 Å². The first-order valence-corrected chi connectivity index (χ1v) is 6.44. The Hall–Kier alpha value is -2.37. The zero-order valence-electron chi connectivity index (χ0n) is 12.5. The van der Waals surface area contributed by atoms with Crippen molar-refractivity contribution in [2.75, 3.05) is 7.11 Å². The van der Waals surface area contributed by atoms with Crippen LogP contribution in [0, 0.1) is 20.8 Å². The summed E-state index contributed by atoms with van der Waals surface area (Å²) in [6.07, 6.45) is -0.415. The number of carboxylic acid groups (broad SMARTS) is 1. The normalized spacial score (nSPS) is 11.6. The van der Waals surface area contributed by atoms with Gasteiger partial charge < -0.3 is 15.2 Å². The van der Waals surface area contributed by atoms with Crippen molar-refractivity contribution in [3.63, 3.8) is 0 Å². The first kappa shape index (κ1) is 16.7. The first-order valence-electron chi connectivity index (χ1n) is 6.44. The number of hydrogen-bond donors (Lipinski definition) is 2. The third-order valence-electron chi connectivity index (χ3n) is 3.11. The topological polar surface area (TPSA) is 92.7 Å². The second kappa shape index (κ2) is 6.88. The maximum Gasteiger partial charge on any atom is 0.326 e. The van der Waals surface area contributed by atoms with E-state index in [0.717, 1.165) is 23.8 Å². The molecule has 1 amide bonds. The van der Waals surface area contributed by atoms with Crippen LogP contribution in [0.3, 0.4) is 0 Å². The Balaban J connectivity index is 2.98. The smallest absolute Gasteiger partial charge is 0.326 e. The molecular formula is C15H19NO5. The highest BCUT2D eigenvalue weighted by Gasteiger charge is 2.25. The Bertz CT molecular complexity index is 556. The fourth-order valence-corrected chi connectivity index (χ4v) is 2.22. The van der Waals surface area contributed by atoms with Crippen molar-refractivity contribution >= 4 is 17.8 Å². The van der Waals surface area contributed by atoms with E-state index in [1.54, 1.807) is 13.8 Å². The lowest BCUT2D eigenvalue weighted by atomic mass is 9.99. The van der Waals surface area contributed by atoms with Gasteiger partial charge in [-0.3, -0.25) is 9.59 Å². The molecule has 0 aliphatic rings. The van der Waals surface area contributed by atoms with Crippen molar-refractivity contribution < 1.29 is 24.2 Å². The van der Waals surface area contributed by atoms with Crippen LogP contribution >= 0.6 is 0 Å². The fraction of sp³-hybridized carbons (Fsp3) is 0.400. The number of rotatable bonds is 5. The van der Waals surface area contributed by atoms with Crippen LogP contribution in [0.15, 0.2) is 12.1 Å². The Morgan fingerprint density at radius 2 is 1.71 bits per heavy atom. The molecule has 6 heteroatoms.